The standard InChI is InChI=1S/C21H33NO4Si/c1-8-17-15-11-12-21(19(23)25-9-2,20(24)26-10-3)13-16(15)18(14(4)22-17)27(5,6)7/h8-13H2,1-7H3. The number of aromatic nitrogens is 1. The second-order valence-corrected chi connectivity index (χ2v) is 13.3. The van der Waals surface area contributed by atoms with Gasteiger partial charge >= 0.3 is 11.9 Å². The molecule has 0 bridgehead atoms. The van der Waals surface area contributed by atoms with E-state index in [0.29, 0.717) is 19.3 Å². The molecule has 2 rings (SSSR count). The summed E-state index contributed by atoms with van der Waals surface area (Å²) in [4.78, 5) is 30.7. The lowest BCUT2D eigenvalue weighted by Crippen LogP contribution is -2.51. The molecule has 1 aromatic rings. The van der Waals surface area contributed by atoms with Crippen molar-refractivity contribution in [2.24, 2.45) is 5.41 Å². The van der Waals surface area contributed by atoms with Gasteiger partial charge in [0.1, 0.15) is 0 Å². The van der Waals surface area contributed by atoms with Gasteiger partial charge in [-0.15, -0.1) is 0 Å². The van der Waals surface area contributed by atoms with E-state index in [1.54, 1.807) is 13.8 Å². The first kappa shape index (κ1) is 21.6. The summed E-state index contributed by atoms with van der Waals surface area (Å²) < 4.78 is 10.7. The van der Waals surface area contributed by atoms with Crippen LogP contribution in [0.4, 0.5) is 0 Å². The Balaban J connectivity index is 2.69. The van der Waals surface area contributed by atoms with Crippen LogP contribution in [-0.2, 0) is 38.3 Å². The van der Waals surface area contributed by atoms with Crippen LogP contribution in [0.25, 0.3) is 0 Å². The fourth-order valence-electron chi connectivity index (χ4n) is 4.35. The molecule has 0 atom stereocenters. The van der Waals surface area contributed by atoms with Crippen LogP contribution in [0.3, 0.4) is 0 Å². The van der Waals surface area contributed by atoms with Gasteiger partial charge < -0.3 is 9.47 Å². The van der Waals surface area contributed by atoms with Gasteiger partial charge in [-0.3, -0.25) is 14.6 Å². The van der Waals surface area contributed by atoms with Crippen molar-refractivity contribution < 1.29 is 19.1 Å². The Labute approximate surface area is 163 Å². The topological polar surface area (TPSA) is 65.5 Å². The molecule has 1 aromatic heterocycles. The highest BCUT2D eigenvalue weighted by molar-refractivity contribution is 6.89. The summed E-state index contributed by atoms with van der Waals surface area (Å²) in [5, 5.41) is 1.27. The third-order valence-electron chi connectivity index (χ3n) is 5.38. The highest BCUT2D eigenvalue weighted by Gasteiger charge is 2.52. The number of aryl methyl sites for hydroxylation is 2. The van der Waals surface area contributed by atoms with Gasteiger partial charge in [0, 0.05) is 11.4 Å². The van der Waals surface area contributed by atoms with Gasteiger partial charge in [-0.05, 0) is 62.8 Å². The number of pyridine rings is 1. The van der Waals surface area contributed by atoms with Crippen LogP contribution in [0.15, 0.2) is 0 Å². The van der Waals surface area contributed by atoms with Gasteiger partial charge in [0.15, 0.2) is 5.41 Å². The molecule has 0 saturated carbocycles. The Morgan fingerprint density at radius 1 is 1.04 bits per heavy atom. The van der Waals surface area contributed by atoms with Gasteiger partial charge in [-0.2, -0.15) is 0 Å². The molecule has 1 aliphatic carbocycles. The number of hydrogen-bond donors (Lipinski definition) is 0. The van der Waals surface area contributed by atoms with E-state index in [1.165, 1.54) is 10.8 Å². The number of ether oxygens (including phenoxy) is 2. The summed E-state index contributed by atoms with van der Waals surface area (Å²) in [5.74, 6) is -0.911. The SMILES string of the molecule is CCOC(=O)C1(C(=O)OCC)CCc2c(CC)nc(C)c([Si](C)(C)C)c2C1. The van der Waals surface area contributed by atoms with Gasteiger partial charge in [-0.1, -0.05) is 26.6 Å². The molecule has 0 amide bonds. The van der Waals surface area contributed by atoms with Gasteiger partial charge in [0.05, 0.1) is 21.3 Å². The molecule has 27 heavy (non-hydrogen) atoms. The molecule has 6 heteroatoms. The Kier molecular flexibility index (Phi) is 6.50. The van der Waals surface area contributed by atoms with Crippen LogP contribution in [-0.4, -0.2) is 38.2 Å². The maximum atomic E-state index is 12.9. The van der Waals surface area contributed by atoms with Gasteiger partial charge in [-0.25, -0.2) is 0 Å². The number of rotatable bonds is 6. The van der Waals surface area contributed by atoms with Crippen molar-refractivity contribution in [1.29, 1.82) is 0 Å². The maximum Gasteiger partial charge on any atom is 0.323 e. The molecule has 0 fully saturated rings. The molecule has 0 saturated heterocycles. The van der Waals surface area contributed by atoms with Crippen molar-refractivity contribution in [2.45, 2.75) is 73.0 Å². The van der Waals surface area contributed by atoms with E-state index in [4.69, 9.17) is 14.5 Å². The quantitative estimate of drug-likeness (QED) is 0.423. The molecule has 0 spiro atoms. The Bertz CT molecular complexity index is 719. The molecular weight excluding hydrogens is 358 g/mol. The first-order valence-electron chi connectivity index (χ1n) is 9.98. The predicted molar refractivity (Wildman–Crippen MR) is 109 cm³/mol. The second-order valence-electron chi connectivity index (χ2n) is 8.28. The van der Waals surface area contributed by atoms with Crippen molar-refractivity contribution >= 4 is 25.2 Å². The summed E-state index contributed by atoms with van der Waals surface area (Å²) >= 11 is 0. The van der Waals surface area contributed by atoms with E-state index < -0.39 is 25.4 Å². The molecule has 150 valence electrons. The minimum Gasteiger partial charge on any atom is -0.465 e. The number of nitrogens with zero attached hydrogens (tertiary/aromatic N) is 1. The van der Waals surface area contributed by atoms with E-state index in [-0.39, 0.29) is 13.2 Å². The smallest absolute Gasteiger partial charge is 0.323 e. The molecule has 1 aliphatic rings. The van der Waals surface area contributed by atoms with Crippen molar-refractivity contribution in [1.82, 2.24) is 4.98 Å². The van der Waals surface area contributed by atoms with Crippen molar-refractivity contribution in [3.63, 3.8) is 0 Å². The normalized spacial score (nSPS) is 15.8. The third-order valence-corrected chi connectivity index (χ3v) is 7.54. The zero-order valence-corrected chi connectivity index (χ0v) is 18.8. The van der Waals surface area contributed by atoms with E-state index in [9.17, 15) is 9.59 Å². The summed E-state index contributed by atoms with van der Waals surface area (Å²) in [6, 6.07) is 0. The van der Waals surface area contributed by atoms with E-state index >= 15 is 0 Å². The summed E-state index contributed by atoms with van der Waals surface area (Å²) in [5.41, 5.74) is 3.25. The van der Waals surface area contributed by atoms with E-state index in [1.807, 2.05) is 0 Å². The van der Waals surface area contributed by atoms with Crippen LogP contribution < -0.4 is 5.19 Å². The van der Waals surface area contributed by atoms with Crippen LogP contribution in [0.2, 0.25) is 19.6 Å². The Hall–Kier alpha value is -1.69. The minimum absolute atomic E-state index is 0.253. The molecule has 5 nitrogen and oxygen atoms in total. The number of fused-ring (bicyclic) bond motifs is 1. The van der Waals surface area contributed by atoms with Crippen LogP contribution in [0.1, 0.15) is 49.7 Å². The van der Waals surface area contributed by atoms with E-state index in [0.717, 1.165) is 23.4 Å². The predicted octanol–water partition coefficient (Wildman–Crippen LogP) is 3.10. The molecular formula is C21H33NO4Si. The summed E-state index contributed by atoms with van der Waals surface area (Å²) in [6.07, 6.45) is 2.28. The molecule has 1 heterocycles. The lowest BCUT2D eigenvalue weighted by Gasteiger charge is -2.37. The van der Waals surface area contributed by atoms with Crippen LogP contribution in [0.5, 0.6) is 0 Å². The average molecular weight is 392 g/mol. The average Bonchev–Trinajstić information content (AvgIpc) is 2.59. The Morgan fingerprint density at radius 3 is 2.04 bits per heavy atom. The highest BCUT2D eigenvalue weighted by Crippen LogP contribution is 2.39. The number of carbonyl (C=O) groups is 2. The zero-order valence-electron chi connectivity index (χ0n) is 17.8. The highest BCUT2D eigenvalue weighted by atomic mass is 28.3. The van der Waals surface area contributed by atoms with Crippen molar-refractivity contribution in [2.75, 3.05) is 13.2 Å². The lowest BCUT2D eigenvalue weighted by atomic mass is 9.70. The first-order valence-corrected chi connectivity index (χ1v) is 13.5. The summed E-state index contributed by atoms with van der Waals surface area (Å²) in [7, 11) is -1.73. The summed E-state index contributed by atoms with van der Waals surface area (Å²) in [6.45, 7) is 15.1. The van der Waals surface area contributed by atoms with Gasteiger partial charge in [0.2, 0.25) is 0 Å². The molecule has 0 radical (unpaired) electrons. The molecule has 0 aromatic carbocycles. The molecule has 0 aliphatic heterocycles. The first-order chi connectivity index (χ1) is 12.6. The number of hydrogen-bond acceptors (Lipinski definition) is 5. The van der Waals surface area contributed by atoms with E-state index in [2.05, 4.69) is 33.5 Å². The van der Waals surface area contributed by atoms with Crippen LogP contribution >= 0.6 is 0 Å². The fourth-order valence-corrected chi connectivity index (χ4v) is 6.63. The van der Waals surface area contributed by atoms with Crippen molar-refractivity contribution in [3.05, 3.63) is 22.5 Å². The fraction of sp³-hybridized carbons (Fsp3) is 0.667. The molecule has 0 N–H and O–H groups in total. The van der Waals surface area contributed by atoms with Crippen molar-refractivity contribution in [3.8, 4) is 0 Å². The third kappa shape index (κ3) is 3.95. The monoisotopic (exact) mass is 391 g/mol. The largest absolute Gasteiger partial charge is 0.465 e. The van der Waals surface area contributed by atoms with Gasteiger partial charge in [0.25, 0.3) is 0 Å². The number of esters is 2. The zero-order chi connectivity index (χ0) is 20.4. The lowest BCUT2D eigenvalue weighted by molar-refractivity contribution is -0.173. The molecule has 0 unspecified atom stereocenters. The Morgan fingerprint density at radius 2 is 1.59 bits per heavy atom. The second kappa shape index (κ2) is 8.13. The maximum absolute atomic E-state index is 12.9. The minimum atomic E-state index is -1.73. The number of carbonyl (C=O) groups excluding carboxylic acids is 2. The van der Waals surface area contributed by atoms with Crippen LogP contribution in [0, 0.1) is 12.3 Å².